The summed E-state index contributed by atoms with van der Waals surface area (Å²) in [6.45, 7) is 8.04. The number of carbonyl (C=O) groups is 1. The molecule has 0 saturated heterocycles. The Morgan fingerprint density at radius 1 is 0.886 bits per heavy atom. The highest BCUT2D eigenvalue weighted by molar-refractivity contribution is 7.98. The molecule has 0 heterocycles. The van der Waals surface area contributed by atoms with Gasteiger partial charge in [0.15, 0.2) is 0 Å². The fourth-order valence-corrected chi connectivity index (χ4v) is 6.00. The van der Waals surface area contributed by atoms with Crippen LogP contribution in [0.3, 0.4) is 0 Å². The first-order chi connectivity index (χ1) is 16.7. The number of nitrogens with one attached hydrogen (secondary N) is 1. The van der Waals surface area contributed by atoms with E-state index >= 15 is 0 Å². The molecule has 5 nitrogen and oxygen atoms in total. The number of rotatable bonds is 11. The van der Waals surface area contributed by atoms with Crippen molar-refractivity contribution in [1.29, 1.82) is 0 Å². The molecule has 0 atom stereocenters. The van der Waals surface area contributed by atoms with Crippen molar-refractivity contribution < 1.29 is 13.2 Å². The Labute approximate surface area is 214 Å². The van der Waals surface area contributed by atoms with E-state index in [0.717, 1.165) is 34.6 Å². The maximum Gasteiger partial charge on any atom is 0.264 e. The van der Waals surface area contributed by atoms with Gasteiger partial charge in [0, 0.05) is 12.3 Å². The predicted octanol–water partition coefficient (Wildman–Crippen LogP) is 5.56. The Morgan fingerprint density at radius 2 is 1.51 bits per heavy atom. The summed E-state index contributed by atoms with van der Waals surface area (Å²) >= 11 is 1.82. The number of hydrogen-bond acceptors (Lipinski definition) is 4. The van der Waals surface area contributed by atoms with Crippen LogP contribution in [-0.2, 0) is 20.6 Å². The minimum absolute atomic E-state index is 0.171. The lowest BCUT2D eigenvalue weighted by atomic mass is 10.1. The van der Waals surface area contributed by atoms with Crippen molar-refractivity contribution in [1.82, 2.24) is 5.32 Å². The normalized spacial score (nSPS) is 11.3. The van der Waals surface area contributed by atoms with E-state index in [2.05, 4.69) is 36.5 Å². The monoisotopic (exact) mass is 510 g/mol. The van der Waals surface area contributed by atoms with Gasteiger partial charge in [-0.15, -0.1) is 0 Å². The SMILES string of the molecule is Cc1ccc(CSCCCNC(=O)CN(c2cccc(C)c2C)S(=O)(=O)c2ccc(C)cc2)cc1. The van der Waals surface area contributed by atoms with E-state index in [9.17, 15) is 13.2 Å². The number of anilines is 1. The minimum atomic E-state index is -3.91. The van der Waals surface area contributed by atoms with Gasteiger partial charge in [0.1, 0.15) is 6.54 Å². The Kier molecular flexibility index (Phi) is 9.40. The van der Waals surface area contributed by atoms with Crippen molar-refractivity contribution in [3.63, 3.8) is 0 Å². The van der Waals surface area contributed by atoms with Crippen LogP contribution < -0.4 is 9.62 Å². The third kappa shape index (κ3) is 7.36. The molecule has 0 saturated carbocycles. The average Bonchev–Trinajstić information content (AvgIpc) is 2.83. The molecule has 1 amide bonds. The number of sulfonamides is 1. The number of amides is 1. The molecule has 1 N–H and O–H groups in total. The van der Waals surface area contributed by atoms with E-state index in [4.69, 9.17) is 0 Å². The molecule has 0 unspecified atom stereocenters. The molecule has 0 radical (unpaired) electrons. The molecule has 3 aromatic carbocycles. The minimum Gasteiger partial charge on any atom is -0.354 e. The molecule has 0 fully saturated rings. The van der Waals surface area contributed by atoms with Gasteiger partial charge in [-0.2, -0.15) is 11.8 Å². The number of aryl methyl sites for hydroxylation is 3. The van der Waals surface area contributed by atoms with Gasteiger partial charge in [-0.25, -0.2) is 8.42 Å². The molecule has 0 spiro atoms. The molecule has 3 rings (SSSR count). The topological polar surface area (TPSA) is 66.5 Å². The van der Waals surface area contributed by atoms with Gasteiger partial charge in [0.25, 0.3) is 10.0 Å². The molecular weight excluding hydrogens is 476 g/mol. The van der Waals surface area contributed by atoms with Gasteiger partial charge < -0.3 is 5.32 Å². The van der Waals surface area contributed by atoms with E-state index in [0.29, 0.717) is 12.2 Å². The Bertz CT molecular complexity index is 1240. The zero-order valence-corrected chi connectivity index (χ0v) is 22.5. The second-order valence-electron chi connectivity index (χ2n) is 8.79. The number of hydrogen-bond donors (Lipinski definition) is 1. The summed E-state index contributed by atoms with van der Waals surface area (Å²) in [6.07, 6.45) is 0.816. The van der Waals surface area contributed by atoms with Crippen LogP contribution >= 0.6 is 11.8 Å². The van der Waals surface area contributed by atoms with Crippen LogP contribution in [0, 0.1) is 27.7 Å². The largest absolute Gasteiger partial charge is 0.354 e. The lowest BCUT2D eigenvalue weighted by Crippen LogP contribution is -2.41. The summed E-state index contributed by atoms with van der Waals surface area (Å²) in [6, 6.07) is 20.7. The van der Waals surface area contributed by atoms with E-state index in [1.807, 2.05) is 44.7 Å². The second kappa shape index (κ2) is 12.3. The number of nitrogens with zero attached hydrogens (tertiary/aromatic N) is 1. The quantitative estimate of drug-likeness (QED) is 0.343. The first-order valence-electron chi connectivity index (χ1n) is 11.7. The van der Waals surface area contributed by atoms with Crippen molar-refractivity contribution in [2.75, 3.05) is 23.1 Å². The van der Waals surface area contributed by atoms with Crippen molar-refractivity contribution in [3.05, 3.63) is 94.5 Å². The lowest BCUT2D eigenvalue weighted by Gasteiger charge is -2.26. The van der Waals surface area contributed by atoms with Crippen LogP contribution in [0.2, 0.25) is 0 Å². The molecule has 0 aromatic heterocycles. The van der Waals surface area contributed by atoms with E-state index in [1.54, 1.807) is 30.3 Å². The summed E-state index contributed by atoms with van der Waals surface area (Å²) in [5.74, 6) is 1.53. The summed E-state index contributed by atoms with van der Waals surface area (Å²) in [5.41, 5.74) is 5.84. The van der Waals surface area contributed by atoms with Crippen molar-refractivity contribution in [3.8, 4) is 0 Å². The van der Waals surface area contributed by atoms with Crippen molar-refractivity contribution in [2.45, 2.75) is 44.8 Å². The third-order valence-electron chi connectivity index (χ3n) is 5.92. The van der Waals surface area contributed by atoms with Crippen molar-refractivity contribution >= 4 is 33.4 Å². The Hall–Kier alpha value is -2.77. The Morgan fingerprint density at radius 3 is 2.17 bits per heavy atom. The van der Waals surface area contributed by atoms with Gasteiger partial charge in [-0.05, 0) is 74.8 Å². The van der Waals surface area contributed by atoms with Gasteiger partial charge in [-0.1, -0.05) is 59.7 Å². The summed E-state index contributed by atoms with van der Waals surface area (Å²) < 4.78 is 28.3. The molecule has 186 valence electrons. The molecule has 35 heavy (non-hydrogen) atoms. The zero-order chi connectivity index (χ0) is 25.4. The van der Waals surface area contributed by atoms with Crippen LogP contribution in [0.5, 0.6) is 0 Å². The van der Waals surface area contributed by atoms with Crippen LogP contribution in [0.25, 0.3) is 0 Å². The van der Waals surface area contributed by atoms with Crippen LogP contribution in [0.4, 0.5) is 5.69 Å². The maximum absolute atomic E-state index is 13.6. The van der Waals surface area contributed by atoms with Gasteiger partial charge in [-0.3, -0.25) is 9.10 Å². The zero-order valence-electron chi connectivity index (χ0n) is 20.9. The molecule has 0 aliphatic carbocycles. The predicted molar refractivity (Wildman–Crippen MR) is 147 cm³/mol. The van der Waals surface area contributed by atoms with Crippen LogP contribution in [0.15, 0.2) is 71.6 Å². The Balaban J connectivity index is 1.63. The van der Waals surface area contributed by atoms with E-state index in [1.165, 1.54) is 15.4 Å². The first-order valence-corrected chi connectivity index (χ1v) is 14.3. The van der Waals surface area contributed by atoms with Gasteiger partial charge in [0.05, 0.1) is 10.6 Å². The molecule has 7 heteroatoms. The smallest absolute Gasteiger partial charge is 0.264 e. The fourth-order valence-electron chi connectivity index (χ4n) is 3.61. The molecule has 0 aliphatic rings. The molecule has 0 aliphatic heterocycles. The summed E-state index contributed by atoms with van der Waals surface area (Å²) in [7, 11) is -3.91. The van der Waals surface area contributed by atoms with Gasteiger partial charge >= 0.3 is 0 Å². The lowest BCUT2D eigenvalue weighted by molar-refractivity contribution is -0.119. The highest BCUT2D eigenvalue weighted by atomic mass is 32.2. The molecular formula is C28H34N2O3S2. The maximum atomic E-state index is 13.6. The fraction of sp³-hybridized carbons (Fsp3) is 0.321. The second-order valence-corrected chi connectivity index (χ2v) is 11.8. The first kappa shape index (κ1) is 26.8. The summed E-state index contributed by atoms with van der Waals surface area (Å²) in [4.78, 5) is 13.0. The highest BCUT2D eigenvalue weighted by Crippen LogP contribution is 2.28. The van der Waals surface area contributed by atoms with Gasteiger partial charge in [0.2, 0.25) is 5.91 Å². The summed E-state index contributed by atoms with van der Waals surface area (Å²) in [5, 5.41) is 2.90. The number of thioether (sulfide) groups is 1. The molecule has 0 bridgehead atoms. The van der Waals surface area contributed by atoms with Crippen LogP contribution in [0.1, 0.15) is 34.2 Å². The molecule has 3 aromatic rings. The van der Waals surface area contributed by atoms with Crippen LogP contribution in [-0.4, -0.2) is 33.2 Å². The number of benzene rings is 3. The standard InChI is InChI=1S/C28H34N2O3S2/c1-21-9-13-25(14-10-21)20-34-18-6-17-29-28(31)19-30(27-8-5-7-23(3)24(27)4)35(32,33)26-15-11-22(2)12-16-26/h5,7-16H,6,17-20H2,1-4H3,(H,29,31). The van der Waals surface area contributed by atoms with E-state index in [-0.39, 0.29) is 17.3 Å². The average molecular weight is 511 g/mol. The number of carbonyl (C=O) groups excluding carboxylic acids is 1. The van der Waals surface area contributed by atoms with Crippen molar-refractivity contribution in [2.24, 2.45) is 0 Å². The van der Waals surface area contributed by atoms with E-state index < -0.39 is 10.0 Å². The third-order valence-corrected chi connectivity index (χ3v) is 8.81. The highest BCUT2D eigenvalue weighted by Gasteiger charge is 2.28.